The Kier molecular flexibility index (Phi) is 3.88. The molecule has 24 heavy (non-hydrogen) atoms. The van der Waals surface area contributed by atoms with Crippen molar-refractivity contribution in [2.45, 2.75) is 51.2 Å². The van der Waals surface area contributed by atoms with Crippen LogP contribution in [0.5, 0.6) is 0 Å². The number of likely N-dealkylation sites (tertiary alicyclic amines) is 1. The lowest BCUT2D eigenvalue weighted by molar-refractivity contribution is -0.142. The highest BCUT2D eigenvalue weighted by Crippen LogP contribution is 2.33. The second-order valence-electron chi connectivity index (χ2n) is 6.54. The van der Waals surface area contributed by atoms with Gasteiger partial charge >= 0.3 is 0 Å². The van der Waals surface area contributed by atoms with E-state index in [9.17, 15) is 9.59 Å². The van der Waals surface area contributed by atoms with Gasteiger partial charge in [-0.1, -0.05) is 6.92 Å². The number of aryl methyl sites for hydroxylation is 1. The molecule has 4 rings (SSSR count). The minimum absolute atomic E-state index is 0.0344. The molecule has 2 fully saturated rings. The summed E-state index contributed by atoms with van der Waals surface area (Å²) in [7, 11) is 0. The minimum Gasteiger partial charge on any atom is -0.368 e. The van der Waals surface area contributed by atoms with E-state index in [0.29, 0.717) is 12.3 Å². The molecule has 0 bridgehead atoms. The van der Waals surface area contributed by atoms with Gasteiger partial charge < -0.3 is 9.64 Å². The molecule has 2 unspecified atom stereocenters. The predicted octanol–water partition coefficient (Wildman–Crippen LogP) is 1.43. The number of hydrogen-bond acceptors (Lipinski definition) is 4. The zero-order chi connectivity index (χ0) is 16.7. The first kappa shape index (κ1) is 15.4. The van der Waals surface area contributed by atoms with Crippen LogP contribution in [0.25, 0.3) is 5.65 Å². The summed E-state index contributed by atoms with van der Waals surface area (Å²) in [6, 6.07) is 3.41. The van der Waals surface area contributed by atoms with Gasteiger partial charge in [0.1, 0.15) is 6.10 Å². The van der Waals surface area contributed by atoms with Gasteiger partial charge in [0, 0.05) is 31.0 Å². The third-order valence-corrected chi connectivity index (χ3v) is 4.99. The van der Waals surface area contributed by atoms with Crippen LogP contribution in [0, 0.1) is 0 Å². The number of aromatic amines is 1. The Morgan fingerprint density at radius 3 is 3.00 bits per heavy atom. The number of rotatable bonds is 3. The van der Waals surface area contributed by atoms with Crippen molar-refractivity contribution in [3.8, 4) is 0 Å². The summed E-state index contributed by atoms with van der Waals surface area (Å²) in [5.74, 6) is 0.0724. The van der Waals surface area contributed by atoms with E-state index in [1.54, 1.807) is 6.07 Å². The van der Waals surface area contributed by atoms with Crippen LogP contribution in [0.4, 0.5) is 0 Å². The van der Waals surface area contributed by atoms with Crippen molar-refractivity contribution in [1.82, 2.24) is 19.5 Å². The van der Waals surface area contributed by atoms with E-state index >= 15 is 0 Å². The van der Waals surface area contributed by atoms with Crippen molar-refractivity contribution in [2.75, 3.05) is 13.2 Å². The number of ether oxygens (including phenoxy) is 1. The summed E-state index contributed by atoms with van der Waals surface area (Å²) in [6.07, 6.45) is 4.01. The molecular weight excluding hydrogens is 308 g/mol. The van der Waals surface area contributed by atoms with E-state index in [4.69, 9.17) is 4.74 Å². The molecule has 2 saturated heterocycles. The third-order valence-electron chi connectivity index (χ3n) is 4.99. The van der Waals surface area contributed by atoms with Crippen molar-refractivity contribution in [1.29, 1.82) is 0 Å². The molecule has 0 saturated carbocycles. The van der Waals surface area contributed by atoms with Crippen LogP contribution in [-0.4, -0.2) is 44.7 Å². The summed E-state index contributed by atoms with van der Waals surface area (Å²) < 4.78 is 7.01. The maximum absolute atomic E-state index is 12.7. The molecular formula is C17H22N4O3. The van der Waals surface area contributed by atoms with E-state index < -0.39 is 0 Å². The van der Waals surface area contributed by atoms with Crippen molar-refractivity contribution in [2.24, 2.45) is 0 Å². The Morgan fingerprint density at radius 1 is 1.38 bits per heavy atom. The van der Waals surface area contributed by atoms with Crippen LogP contribution in [-0.2, 0) is 16.0 Å². The minimum atomic E-state index is -0.303. The highest BCUT2D eigenvalue weighted by molar-refractivity contribution is 5.82. The van der Waals surface area contributed by atoms with Gasteiger partial charge in [-0.05, 0) is 32.1 Å². The quantitative estimate of drug-likeness (QED) is 0.923. The first-order valence-electron chi connectivity index (χ1n) is 8.71. The molecule has 128 valence electrons. The van der Waals surface area contributed by atoms with E-state index in [-0.39, 0.29) is 23.6 Å². The number of aromatic nitrogens is 3. The highest BCUT2D eigenvalue weighted by atomic mass is 16.5. The molecule has 0 radical (unpaired) electrons. The fourth-order valence-electron chi connectivity index (χ4n) is 3.72. The van der Waals surface area contributed by atoms with Gasteiger partial charge in [-0.25, -0.2) is 9.50 Å². The smallest absolute Gasteiger partial charge is 0.272 e. The topological polar surface area (TPSA) is 79.7 Å². The number of H-pyrrole nitrogens is 1. The fraction of sp³-hybridized carbons (Fsp3) is 0.588. The normalized spacial score (nSPS) is 24.1. The molecule has 2 aromatic heterocycles. The Balaban J connectivity index is 1.66. The van der Waals surface area contributed by atoms with Gasteiger partial charge in [0.05, 0.1) is 11.7 Å². The highest BCUT2D eigenvalue weighted by Gasteiger charge is 2.36. The summed E-state index contributed by atoms with van der Waals surface area (Å²) >= 11 is 0. The van der Waals surface area contributed by atoms with Crippen LogP contribution in [0.1, 0.15) is 50.0 Å². The van der Waals surface area contributed by atoms with Gasteiger partial charge in [0.25, 0.3) is 11.5 Å². The van der Waals surface area contributed by atoms with E-state index in [2.05, 4.69) is 10.1 Å². The Bertz CT molecular complexity index is 819. The monoisotopic (exact) mass is 330 g/mol. The zero-order valence-corrected chi connectivity index (χ0v) is 13.8. The first-order chi connectivity index (χ1) is 11.7. The molecule has 7 nitrogen and oxygen atoms in total. The van der Waals surface area contributed by atoms with Crippen molar-refractivity contribution < 1.29 is 9.53 Å². The number of amides is 1. The maximum Gasteiger partial charge on any atom is 0.272 e. The number of carbonyl (C=O) groups excluding carboxylic acids is 1. The third kappa shape index (κ3) is 2.53. The van der Waals surface area contributed by atoms with Gasteiger partial charge in [-0.15, -0.1) is 0 Å². The van der Waals surface area contributed by atoms with Crippen molar-refractivity contribution >= 4 is 11.6 Å². The molecule has 2 aromatic rings. The van der Waals surface area contributed by atoms with Crippen molar-refractivity contribution in [3.63, 3.8) is 0 Å². The van der Waals surface area contributed by atoms with E-state index in [0.717, 1.165) is 50.0 Å². The molecule has 0 aromatic carbocycles. The lowest BCUT2D eigenvalue weighted by Crippen LogP contribution is -2.38. The van der Waals surface area contributed by atoms with Gasteiger partial charge in [0.15, 0.2) is 5.65 Å². The second kappa shape index (κ2) is 6.05. The molecule has 1 amide bonds. The van der Waals surface area contributed by atoms with E-state index in [1.165, 1.54) is 4.52 Å². The molecule has 2 aliphatic rings. The molecule has 1 N–H and O–H groups in total. The van der Waals surface area contributed by atoms with Gasteiger partial charge in [-0.3, -0.25) is 14.7 Å². The standard InChI is InChI=1S/C17H22N4O3/c1-2-11-9-16(22)21-15(18-11)10-12(19-21)13-5-3-7-20(13)17(23)14-6-4-8-24-14/h9-10,13-14,19H,2-8H2,1H3. The largest absolute Gasteiger partial charge is 0.368 e. The molecule has 2 atom stereocenters. The molecule has 0 spiro atoms. The fourth-order valence-corrected chi connectivity index (χ4v) is 3.72. The Labute approximate surface area is 139 Å². The van der Waals surface area contributed by atoms with E-state index in [1.807, 2.05) is 17.9 Å². The summed E-state index contributed by atoms with van der Waals surface area (Å²) in [5, 5.41) is 3.14. The lowest BCUT2D eigenvalue weighted by Gasteiger charge is -2.26. The Hall–Kier alpha value is -2.15. The summed E-state index contributed by atoms with van der Waals surface area (Å²) in [6.45, 7) is 3.38. The average molecular weight is 330 g/mol. The molecule has 0 aliphatic carbocycles. The number of nitrogens with zero attached hydrogens (tertiary/aromatic N) is 3. The molecule has 2 aliphatic heterocycles. The number of hydrogen-bond donors (Lipinski definition) is 1. The van der Waals surface area contributed by atoms with Crippen LogP contribution < -0.4 is 5.56 Å². The van der Waals surface area contributed by atoms with Crippen molar-refractivity contribution in [3.05, 3.63) is 33.9 Å². The van der Waals surface area contributed by atoms with Crippen LogP contribution in [0.3, 0.4) is 0 Å². The summed E-state index contributed by atoms with van der Waals surface area (Å²) in [5.41, 5.74) is 2.16. The number of nitrogens with one attached hydrogen (secondary N) is 1. The van der Waals surface area contributed by atoms with Crippen LogP contribution in [0.15, 0.2) is 16.9 Å². The van der Waals surface area contributed by atoms with Gasteiger partial charge in [0.2, 0.25) is 0 Å². The molecule has 4 heterocycles. The SMILES string of the molecule is CCc1cc(=O)n2[nH]c(C3CCCN3C(=O)C3CCCO3)cc2n1. The molecule has 7 heteroatoms. The van der Waals surface area contributed by atoms with Crippen LogP contribution in [0.2, 0.25) is 0 Å². The summed E-state index contributed by atoms with van der Waals surface area (Å²) in [4.78, 5) is 31.3. The predicted molar refractivity (Wildman–Crippen MR) is 87.9 cm³/mol. The first-order valence-corrected chi connectivity index (χ1v) is 8.71. The number of fused-ring (bicyclic) bond motifs is 1. The lowest BCUT2D eigenvalue weighted by atomic mass is 10.1. The van der Waals surface area contributed by atoms with Crippen LogP contribution >= 0.6 is 0 Å². The maximum atomic E-state index is 12.7. The second-order valence-corrected chi connectivity index (χ2v) is 6.54. The van der Waals surface area contributed by atoms with Gasteiger partial charge in [-0.2, -0.15) is 0 Å². The zero-order valence-electron chi connectivity index (χ0n) is 13.8. The average Bonchev–Trinajstić information content (AvgIpc) is 3.31. The Morgan fingerprint density at radius 2 is 2.25 bits per heavy atom. The number of carbonyl (C=O) groups is 1.